The summed E-state index contributed by atoms with van der Waals surface area (Å²) in [7, 11) is 1.95. The third-order valence-corrected chi connectivity index (χ3v) is 2.99. The van der Waals surface area contributed by atoms with E-state index in [9.17, 15) is 0 Å². The average Bonchev–Trinajstić information content (AvgIpc) is 2.10. The number of hydrogen-bond acceptors (Lipinski definition) is 2. The van der Waals surface area contributed by atoms with E-state index < -0.39 is 0 Å². The van der Waals surface area contributed by atoms with E-state index in [1.165, 1.54) is 0 Å². The summed E-state index contributed by atoms with van der Waals surface area (Å²) in [5.74, 6) is 0. The second-order valence-corrected chi connectivity index (χ2v) is 4.54. The van der Waals surface area contributed by atoms with Gasteiger partial charge in [0.05, 0.1) is 11.7 Å². The minimum Gasteiger partial charge on any atom is -0.312 e. The highest BCUT2D eigenvalue weighted by Crippen LogP contribution is 2.25. The van der Waals surface area contributed by atoms with Crippen LogP contribution in [0.5, 0.6) is 0 Å². The maximum absolute atomic E-state index is 4.36. The number of pyridine rings is 1. The third-order valence-electron chi connectivity index (χ3n) is 1.92. The average molecular weight is 308 g/mol. The van der Waals surface area contributed by atoms with Crippen LogP contribution in [0.1, 0.15) is 25.1 Å². The molecule has 0 bridgehead atoms. The van der Waals surface area contributed by atoms with Crippen molar-refractivity contribution >= 4 is 31.9 Å². The Hall–Kier alpha value is 0.0700. The zero-order valence-corrected chi connectivity index (χ0v) is 10.8. The highest BCUT2D eigenvalue weighted by Gasteiger charge is 2.11. The summed E-state index contributed by atoms with van der Waals surface area (Å²) < 4.78 is 2.04. The second kappa shape index (κ2) is 5.08. The van der Waals surface area contributed by atoms with Gasteiger partial charge < -0.3 is 5.32 Å². The summed E-state index contributed by atoms with van der Waals surface area (Å²) in [6.45, 7) is 2.14. The maximum atomic E-state index is 4.36. The van der Waals surface area contributed by atoms with Gasteiger partial charge in [-0.2, -0.15) is 0 Å². The van der Waals surface area contributed by atoms with Crippen LogP contribution in [-0.4, -0.2) is 12.0 Å². The summed E-state index contributed by atoms with van der Waals surface area (Å²) in [4.78, 5) is 4.36. The number of aromatic nitrogens is 1. The molecule has 0 amide bonds. The van der Waals surface area contributed by atoms with Crippen LogP contribution in [0.25, 0.3) is 0 Å². The molecule has 0 spiro atoms. The molecule has 1 N–H and O–H groups in total. The number of halogens is 2. The van der Waals surface area contributed by atoms with Crippen molar-refractivity contribution in [2.24, 2.45) is 0 Å². The van der Waals surface area contributed by atoms with Crippen molar-refractivity contribution in [3.05, 3.63) is 26.9 Å². The Kier molecular flexibility index (Phi) is 4.35. The molecule has 1 aromatic heterocycles. The Balaban J connectivity index is 2.99. The van der Waals surface area contributed by atoms with Crippen LogP contribution in [0.4, 0.5) is 0 Å². The molecular weight excluding hydrogens is 296 g/mol. The molecule has 1 rings (SSSR count). The van der Waals surface area contributed by atoms with E-state index in [0.717, 1.165) is 21.1 Å². The molecule has 1 atom stereocenters. The Morgan fingerprint density at radius 1 is 1.54 bits per heavy atom. The van der Waals surface area contributed by atoms with Crippen LogP contribution >= 0.6 is 31.9 Å². The van der Waals surface area contributed by atoms with Crippen LogP contribution in [0.2, 0.25) is 0 Å². The number of nitrogens with one attached hydrogen (secondary N) is 1. The molecule has 2 nitrogen and oxygen atoms in total. The van der Waals surface area contributed by atoms with E-state index in [0.29, 0.717) is 6.04 Å². The lowest BCUT2D eigenvalue weighted by atomic mass is 10.1. The first-order chi connectivity index (χ1) is 6.19. The molecule has 0 aliphatic carbocycles. The second-order valence-electron chi connectivity index (χ2n) is 2.77. The molecule has 72 valence electrons. The van der Waals surface area contributed by atoms with E-state index in [4.69, 9.17) is 0 Å². The van der Waals surface area contributed by atoms with Crippen LogP contribution in [0.3, 0.4) is 0 Å². The molecule has 1 aromatic rings. The van der Waals surface area contributed by atoms with Gasteiger partial charge in [0.1, 0.15) is 0 Å². The minimum absolute atomic E-state index is 0.322. The Bertz CT molecular complexity index is 285. The van der Waals surface area contributed by atoms with Crippen molar-refractivity contribution < 1.29 is 0 Å². The zero-order valence-electron chi connectivity index (χ0n) is 7.64. The predicted molar refractivity (Wildman–Crippen MR) is 61.7 cm³/mol. The van der Waals surface area contributed by atoms with Crippen molar-refractivity contribution in [2.75, 3.05) is 7.05 Å². The molecule has 0 aliphatic heterocycles. The summed E-state index contributed by atoms with van der Waals surface area (Å²) >= 11 is 6.87. The fourth-order valence-corrected chi connectivity index (χ4v) is 2.48. The first kappa shape index (κ1) is 11.1. The normalized spacial score (nSPS) is 12.9. The maximum Gasteiger partial charge on any atom is 0.0715 e. The van der Waals surface area contributed by atoms with E-state index in [1.54, 1.807) is 0 Å². The Morgan fingerprint density at radius 3 is 2.69 bits per heavy atom. The van der Waals surface area contributed by atoms with Gasteiger partial charge in [-0.15, -0.1) is 0 Å². The molecule has 4 heteroatoms. The molecular formula is C9H12Br2N2. The standard InChI is InChI=1S/C9H12Br2N2/c1-3-8(12-2)9-7(11)4-6(10)5-13-9/h4-5,8,12H,3H2,1-2H3. The summed E-state index contributed by atoms with van der Waals surface area (Å²) in [5, 5.41) is 3.22. The van der Waals surface area contributed by atoms with Gasteiger partial charge in [-0.1, -0.05) is 6.92 Å². The zero-order chi connectivity index (χ0) is 9.84. The summed E-state index contributed by atoms with van der Waals surface area (Å²) in [5.41, 5.74) is 1.06. The van der Waals surface area contributed by atoms with Crippen molar-refractivity contribution in [1.82, 2.24) is 10.3 Å². The van der Waals surface area contributed by atoms with Crippen molar-refractivity contribution in [3.63, 3.8) is 0 Å². The topological polar surface area (TPSA) is 24.9 Å². The first-order valence-corrected chi connectivity index (χ1v) is 5.75. The van der Waals surface area contributed by atoms with Crippen LogP contribution in [0, 0.1) is 0 Å². The number of nitrogens with zero attached hydrogens (tertiary/aromatic N) is 1. The number of hydrogen-bond donors (Lipinski definition) is 1. The fourth-order valence-electron chi connectivity index (χ4n) is 1.22. The molecule has 0 saturated heterocycles. The van der Waals surface area contributed by atoms with Crippen LogP contribution in [0.15, 0.2) is 21.2 Å². The molecule has 0 radical (unpaired) electrons. The first-order valence-electron chi connectivity index (χ1n) is 4.17. The van der Waals surface area contributed by atoms with Gasteiger partial charge in [-0.25, -0.2) is 0 Å². The molecule has 1 unspecified atom stereocenters. The third kappa shape index (κ3) is 2.76. The Morgan fingerprint density at radius 2 is 2.23 bits per heavy atom. The highest BCUT2D eigenvalue weighted by atomic mass is 79.9. The van der Waals surface area contributed by atoms with Crippen molar-refractivity contribution in [2.45, 2.75) is 19.4 Å². The quantitative estimate of drug-likeness (QED) is 0.927. The van der Waals surface area contributed by atoms with Crippen LogP contribution in [-0.2, 0) is 0 Å². The van der Waals surface area contributed by atoms with Gasteiger partial charge in [0.2, 0.25) is 0 Å². The van der Waals surface area contributed by atoms with Gasteiger partial charge in [-0.05, 0) is 51.4 Å². The fraction of sp³-hybridized carbons (Fsp3) is 0.444. The summed E-state index contributed by atoms with van der Waals surface area (Å²) in [6, 6.07) is 2.34. The van der Waals surface area contributed by atoms with Gasteiger partial charge in [-0.3, -0.25) is 4.98 Å². The van der Waals surface area contributed by atoms with Gasteiger partial charge in [0, 0.05) is 15.1 Å². The monoisotopic (exact) mass is 306 g/mol. The van der Waals surface area contributed by atoms with Crippen LogP contribution < -0.4 is 5.32 Å². The summed E-state index contributed by atoms with van der Waals surface area (Å²) in [6.07, 6.45) is 2.85. The van der Waals surface area contributed by atoms with Crippen molar-refractivity contribution in [3.8, 4) is 0 Å². The molecule has 13 heavy (non-hydrogen) atoms. The molecule has 0 fully saturated rings. The van der Waals surface area contributed by atoms with Gasteiger partial charge in [0.25, 0.3) is 0 Å². The SMILES string of the molecule is CCC(NC)c1ncc(Br)cc1Br. The Labute approximate surface area is 95.4 Å². The lowest BCUT2D eigenvalue weighted by Crippen LogP contribution is -2.17. The smallest absolute Gasteiger partial charge is 0.0715 e. The van der Waals surface area contributed by atoms with Gasteiger partial charge in [0.15, 0.2) is 0 Å². The van der Waals surface area contributed by atoms with Crippen molar-refractivity contribution in [1.29, 1.82) is 0 Å². The molecule has 1 heterocycles. The van der Waals surface area contributed by atoms with E-state index in [2.05, 4.69) is 49.1 Å². The van der Waals surface area contributed by atoms with E-state index in [-0.39, 0.29) is 0 Å². The minimum atomic E-state index is 0.322. The number of rotatable bonds is 3. The lowest BCUT2D eigenvalue weighted by Gasteiger charge is -2.14. The lowest BCUT2D eigenvalue weighted by molar-refractivity contribution is 0.559. The van der Waals surface area contributed by atoms with Gasteiger partial charge >= 0.3 is 0 Å². The highest BCUT2D eigenvalue weighted by molar-refractivity contribution is 9.11. The largest absolute Gasteiger partial charge is 0.312 e. The van der Waals surface area contributed by atoms with E-state index >= 15 is 0 Å². The molecule has 0 aliphatic rings. The molecule has 0 saturated carbocycles. The molecule has 0 aromatic carbocycles. The predicted octanol–water partition coefficient (Wildman–Crippen LogP) is 3.28. The van der Waals surface area contributed by atoms with E-state index in [1.807, 2.05) is 19.3 Å².